The summed E-state index contributed by atoms with van der Waals surface area (Å²) in [5, 5.41) is 0.683. The lowest BCUT2D eigenvalue weighted by molar-refractivity contribution is -0.120. The smallest absolute Gasteiger partial charge is 0.286 e. The fourth-order valence-corrected chi connectivity index (χ4v) is 3.86. The van der Waals surface area contributed by atoms with E-state index in [0.29, 0.717) is 15.6 Å². The maximum Gasteiger partial charge on any atom is 0.286 e. The SMILES string of the molecule is Cc1cc(Cl)cc2sc(=NC(=O)COc3ccccc3)n(C)c12. The van der Waals surface area contributed by atoms with Gasteiger partial charge in [0, 0.05) is 12.1 Å². The van der Waals surface area contributed by atoms with Gasteiger partial charge < -0.3 is 9.30 Å². The number of carbonyl (C=O) groups excluding carboxylic acids is 1. The number of amides is 1. The predicted molar refractivity (Wildman–Crippen MR) is 93.1 cm³/mol. The molecule has 1 aromatic heterocycles. The number of rotatable bonds is 3. The third-order valence-corrected chi connectivity index (χ3v) is 4.68. The van der Waals surface area contributed by atoms with Gasteiger partial charge in [0.2, 0.25) is 0 Å². The van der Waals surface area contributed by atoms with Gasteiger partial charge in [0.15, 0.2) is 11.4 Å². The number of thiazole rings is 1. The number of carbonyl (C=O) groups is 1. The zero-order valence-corrected chi connectivity index (χ0v) is 14.3. The summed E-state index contributed by atoms with van der Waals surface area (Å²) in [6, 6.07) is 13.0. The van der Waals surface area contributed by atoms with Crippen LogP contribution >= 0.6 is 22.9 Å². The molecule has 1 amide bonds. The number of aromatic nitrogens is 1. The molecule has 0 radical (unpaired) electrons. The fraction of sp³-hybridized carbons (Fsp3) is 0.176. The molecule has 118 valence electrons. The molecule has 0 N–H and O–H groups in total. The van der Waals surface area contributed by atoms with Crippen molar-refractivity contribution >= 4 is 39.1 Å². The Morgan fingerprint density at radius 3 is 2.78 bits per heavy atom. The Morgan fingerprint density at radius 2 is 2.04 bits per heavy atom. The van der Waals surface area contributed by atoms with Crippen LogP contribution in [0, 0.1) is 6.92 Å². The van der Waals surface area contributed by atoms with Crippen molar-refractivity contribution in [2.75, 3.05) is 6.61 Å². The van der Waals surface area contributed by atoms with Crippen LogP contribution in [0.4, 0.5) is 0 Å². The lowest BCUT2D eigenvalue weighted by Crippen LogP contribution is -2.17. The maximum atomic E-state index is 12.0. The fourth-order valence-electron chi connectivity index (χ4n) is 2.37. The summed E-state index contributed by atoms with van der Waals surface area (Å²) >= 11 is 7.53. The summed E-state index contributed by atoms with van der Waals surface area (Å²) in [6.07, 6.45) is 0. The minimum Gasteiger partial charge on any atom is -0.484 e. The van der Waals surface area contributed by atoms with Gasteiger partial charge in [-0.25, -0.2) is 0 Å². The van der Waals surface area contributed by atoms with Crippen molar-refractivity contribution in [1.29, 1.82) is 0 Å². The number of hydrogen-bond donors (Lipinski definition) is 0. The molecule has 2 aromatic carbocycles. The molecule has 6 heteroatoms. The Hall–Kier alpha value is -2.11. The molecule has 0 aliphatic heterocycles. The topological polar surface area (TPSA) is 43.6 Å². The first kappa shape index (κ1) is 15.8. The van der Waals surface area contributed by atoms with Crippen LogP contribution < -0.4 is 9.54 Å². The number of aryl methyl sites for hydroxylation is 2. The molecule has 0 saturated heterocycles. The normalized spacial score (nSPS) is 11.9. The molecular weight excluding hydrogens is 332 g/mol. The highest BCUT2D eigenvalue weighted by Gasteiger charge is 2.09. The number of fused-ring (bicyclic) bond motifs is 1. The van der Waals surface area contributed by atoms with Crippen LogP contribution in [-0.2, 0) is 11.8 Å². The van der Waals surface area contributed by atoms with Crippen molar-refractivity contribution in [3.63, 3.8) is 0 Å². The van der Waals surface area contributed by atoms with Crippen molar-refractivity contribution in [3.05, 3.63) is 57.9 Å². The highest BCUT2D eigenvalue weighted by atomic mass is 35.5. The Bertz CT molecular complexity index is 929. The molecule has 1 heterocycles. The van der Waals surface area contributed by atoms with Gasteiger partial charge in [-0.15, -0.1) is 0 Å². The third-order valence-electron chi connectivity index (χ3n) is 3.38. The van der Waals surface area contributed by atoms with Crippen molar-refractivity contribution in [2.45, 2.75) is 6.92 Å². The Balaban J connectivity index is 1.87. The van der Waals surface area contributed by atoms with Gasteiger partial charge in [-0.2, -0.15) is 4.99 Å². The van der Waals surface area contributed by atoms with Gasteiger partial charge in [-0.05, 0) is 36.8 Å². The van der Waals surface area contributed by atoms with E-state index in [1.165, 1.54) is 11.3 Å². The number of nitrogens with zero attached hydrogens (tertiary/aromatic N) is 2. The summed E-state index contributed by atoms with van der Waals surface area (Å²) < 4.78 is 8.34. The molecule has 0 saturated carbocycles. The first-order valence-electron chi connectivity index (χ1n) is 7.05. The second-order valence-corrected chi connectivity index (χ2v) is 6.57. The van der Waals surface area contributed by atoms with E-state index >= 15 is 0 Å². The number of benzene rings is 2. The predicted octanol–water partition coefficient (Wildman–Crippen LogP) is 3.71. The molecule has 0 aliphatic carbocycles. The van der Waals surface area contributed by atoms with Crippen molar-refractivity contribution < 1.29 is 9.53 Å². The van der Waals surface area contributed by atoms with Gasteiger partial charge in [-0.3, -0.25) is 4.79 Å². The van der Waals surface area contributed by atoms with Gasteiger partial charge in [0.1, 0.15) is 5.75 Å². The van der Waals surface area contributed by atoms with E-state index in [2.05, 4.69) is 4.99 Å². The molecular formula is C17H15ClN2O2S. The Labute approximate surface area is 142 Å². The van der Waals surface area contributed by atoms with E-state index < -0.39 is 0 Å². The quantitative estimate of drug-likeness (QED) is 0.725. The summed E-state index contributed by atoms with van der Waals surface area (Å²) in [6.45, 7) is 1.91. The van der Waals surface area contributed by atoms with Crippen LogP contribution in [0.3, 0.4) is 0 Å². The number of hydrogen-bond acceptors (Lipinski definition) is 3. The van der Waals surface area contributed by atoms with Gasteiger partial charge in [0.25, 0.3) is 5.91 Å². The van der Waals surface area contributed by atoms with Gasteiger partial charge in [0.05, 0.1) is 10.2 Å². The van der Waals surface area contributed by atoms with Crippen LogP contribution in [0.25, 0.3) is 10.2 Å². The number of halogens is 1. The van der Waals surface area contributed by atoms with Crippen LogP contribution in [0.2, 0.25) is 5.02 Å². The molecule has 0 fully saturated rings. The second kappa shape index (κ2) is 6.56. The second-order valence-electron chi connectivity index (χ2n) is 5.12. The lowest BCUT2D eigenvalue weighted by Gasteiger charge is -2.02. The van der Waals surface area contributed by atoms with E-state index in [0.717, 1.165) is 15.8 Å². The minimum atomic E-state index is -0.320. The van der Waals surface area contributed by atoms with Crippen LogP contribution in [0.1, 0.15) is 5.56 Å². The molecule has 0 spiro atoms. The molecule has 0 bridgehead atoms. The lowest BCUT2D eigenvalue weighted by atomic mass is 10.2. The summed E-state index contributed by atoms with van der Waals surface area (Å²) in [4.78, 5) is 16.8. The average molecular weight is 347 g/mol. The zero-order valence-electron chi connectivity index (χ0n) is 12.7. The molecule has 4 nitrogen and oxygen atoms in total. The summed E-state index contributed by atoms with van der Waals surface area (Å²) in [5.41, 5.74) is 2.09. The molecule has 0 aliphatic rings. The standard InChI is InChI=1S/C17H15ClN2O2S/c1-11-8-12(18)9-14-16(11)20(2)17(23-14)19-15(21)10-22-13-6-4-3-5-7-13/h3-9H,10H2,1-2H3. The van der Waals surface area contributed by atoms with Gasteiger partial charge in [-0.1, -0.05) is 41.1 Å². The Kier molecular flexibility index (Phi) is 4.50. The molecule has 3 rings (SSSR count). The van der Waals surface area contributed by atoms with Crippen LogP contribution in [-0.4, -0.2) is 17.1 Å². The van der Waals surface area contributed by atoms with Crippen LogP contribution in [0.15, 0.2) is 47.5 Å². The van der Waals surface area contributed by atoms with Crippen molar-refractivity contribution in [2.24, 2.45) is 12.0 Å². The molecule has 0 atom stereocenters. The monoisotopic (exact) mass is 346 g/mol. The van der Waals surface area contributed by atoms with Gasteiger partial charge >= 0.3 is 0 Å². The summed E-state index contributed by atoms with van der Waals surface area (Å²) in [5.74, 6) is 0.333. The maximum absolute atomic E-state index is 12.0. The average Bonchev–Trinajstić information content (AvgIpc) is 2.82. The molecule has 3 aromatic rings. The van der Waals surface area contributed by atoms with Crippen molar-refractivity contribution in [3.8, 4) is 5.75 Å². The van der Waals surface area contributed by atoms with E-state index in [1.807, 2.05) is 48.9 Å². The summed E-state index contributed by atoms with van der Waals surface area (Å²) in [7, 11) is 1.89. The molecule has 23 heavy (non-hydrogen) atoms. The number of ether oxygens (including phenoxy) is 1. The van der Waals surface area contributed by atoms with E-state index in [-0.39, 0.29) is 12.5 Å². The first-order valence-corrected chi connectivity index (χ1v) is 8.25. The van der Waals surface area contributed by atoms with E-state index in [4.69, 9.17) is 16.3 Å². The Morgan fingerprint density at radius 1 is 1.30 bits per heavy atom. The highest BCUT2D eigenvalue weighted by molar-refractivity contribution is 7.16. The first-order chi connectivity index (χ1) is 11.0. The van der Waals surface area contributed by atoms with Crippen LogP contribution in [0.5, 0.6) is 5.75 Å². The third kappa shape index (κ3) is 3.46. The van der Waals surface area contributed by atoms with E-state index in [9.17, 15) is 4.79 Å². The van der Waals surface area contributed by atoms with E-state index in [1.54, 1.807) is 12.1 Å². The van der Waals surface area contributed by atoms with Crippen molar-refractivity contribution in [1.82, 2.24) is 4.57 Å². The number of para-hydroxylation sites is 1. The minimum absolute atomic E-state index is 0.0853. The largest absolute Gasteiger partial charge is 0.484 e. The highest BCUT2D eigenvalue weighted by Crippen LogP contribution is 2.25. The zero-order chi connectivity index (χ0) is 16.4. The molecule has 0 unspecified atom stereocenters.